The SMILES string of the molecule is COC(=O)C1CCCCC1CNC(=O)C(Cc1ccccc1)N1C(=O)c2ccccc2C1=O. The molecular weight excluding hydrogens is 420 g/mol. The number of imide groups is 1. The molecule has 1 fully saturated rings. The Morgan fingerprint density at radius 1 is 0.970 bits per heavy atom. The topological polar surface area (TPSA) is 92.8 Å². The maximum Gasteiger partial charge on any atom is 0.309 e. The first-order chi connectivity index (χ1) is 16.0. The average molecular weight is 449 g/mol. The second kappa shape index (κ2) is 9.98. The number of fused-ring (bicyclic) bond motifs is 1. The molecule has 2 aromatic rings. The van der Waals surface area contributed by atoms with E-state index in [1.54, 1.807) is 24.3 Å². The van der Waals surface area contributed by atoms with E-state index in [0.717, 1.165) is 36.1 Å². The van der Waals surface area contributed by atoms with Gasteiger partial charge in [-0.05, 0) is 36.5 Å². The van der Waals surface area contributed by atoms with Crippen LogP contribution in [0, 0.1) is 11.8 Å². The van der Waals surface area contributed by atoms with Gasteiger partial charge in [0.25, 0.3) is 11.8 Å². The molecule has 0 bridgehead atoms. The molecule has 7 nitrogen and oxygen atoms in total. The summed E-state index contributed by atoms with van der Waals surface area (Å²) in [7, 11) is 1.38. The maximum absolute atomic E-state index is 13.4. The fourth-order valence-electron chi connectivity index (χ4n) is 4.89. The first-order valence-electron chi connectivity index (χ1n) is 11.4. The van der Waals surface area contributed by atoms with Crippen molar-refractivity contribution >= 4 is 23.7 Å². The first-order valence-corrected chi connectivity index (χ1v) is 11.4. The zero-order valence-corrected chi connectivity index (χ0v) is 18.7. The normalized spacial score (nSPS) is 20.8. The van der Waals surface area contributed by atoms with Crippen molar-refractivity contribution in [2.45, 2.75) is 38.1 Å². The Hall–Kier alpha value is -3.48. The Balaban J connectivity index is 1.55. The molecule has 1 aliphatic carbocycles. The molecule has 4 rings (SSSR count). The third-order valence-corrected chi connectivity index (χ3v) is 6.66. The van der Waals surface area contributed by atoms with Gasteiger partial charge in [0.1, 0.15) is 6.04 Å². The number of rotatable bonds is 7. The van der Waals surface area contributed by atoms with E-state index in [9.17, 15) is 19.2 Å². The Labute approximate surface area is 193 Å². The van der Waals surface area contributed by atoms with Crippen LogP contribution in [0.4, 0.5) is 0 Å². The van der Waals surface area contributed by atoms with Gasteiger partial charge in [-0.25, -0.2) is 0 Å². The zero-order chi connectivity index (χ0) is 23.4. The van der Waals surface area contributed by atoms with Crippen molar-refractivity contribution in [2.24, 2.45) is 11.8 Å². The van der Waals surface area contributed by atoms with E-state index in [1.807, 2.05) is 30.3 Å². The molecule has 1 heterocycles. The summed E-state index contributed by atoms with van der Waals surface area (Å²) in [5, 5.41) is 2.93. The lowest BCUT2D eigenvalue weighted by atomic mass is 9.79. The molecule has 33 heavy (non-hydrogen) atoms. The fraction of sp³-hybridized carbons (Fsp3) is 0.385. The van der Waals surface area contributed by atoms with E-state index in [2.05, 4.69) is 5.32 Å². The van der Waals surface area contributed by atoms with Crippen LogP contribution in [0.5, 0.6) is 0 Å². The second-order valence-corrected chi connectivity index (χ2v) is 8.65. The average Bonchev–Trinajstić information content (AvgIpc) is 3.11. The Kier molecular flexibility index (Phi) is 6.87. The molecule has 2 aliphatic rings. The third-order valence-electron chi connectivity index (χ3n) is 6.66. The van der Waals surface area contributed by atoms with Gasteiger partial charge in [0, 0.05) is 13.0 Å². The van der Waals surface area contributed by atoms with E-state index >= 15 is 0 Å². The molecule has 7 heteroatoms. The fourth-order valence-corrected chi connectivity index (χ4v) is 4.89. The molecule has 1 N–H and O–H groups in total. The highest BCUT2D eigenvalue weighted by atomic mass is 16.5. The number of nitrogens with zero attached hydrogens (tertiary/aromatic N) is 1. The lowest BCUT2D eigenvalue weighted by Crippen LogP contribution is -2.52. The van der Waals surface area contributed by atoms with Gasteiger partial charge in [-0.2, -0.15) is 0 Å². The van der Waals surface area contributed by atoms with Crippen LogP contribution >= 0.6 is 0 Å². The highest BCUT2D eigenvalue weighted by Gasteiger charge is 2.43. The van der Waals surface area contributed by atoms with Crippen molar-refractivity contribution in [3.63, 3.8) is 0 Å². The lowest BCUT2D eigenvalue weighted by molar-refractivity contribution is -0.148. The first kappa shape index (κ1) is 22.7. The Morgan fingerprint density at radius 2 is 1.58 bits per heavy atom. The van der Waals surface area contributed by atoms with E-state index in [-0.39, 0.29) is 24.2 Å². The molecule has 0 saturated heterocycles. The van der Waals surface area contributed by atoms with Gasteiger partial charge >= 0.3 is 5.97 Å². The number of benzene rings is 2. The predicted molar refractivity (Wildman–Crippen MR) is 121 cm³/mol. The lowest BCUT2D eigenvalue weighted by Gasteiger charge is -2.31. The summed E-state index contributed by atoms with van der Waals surface area (Å²) >= 11 is 0. The van der Waals surface area contributed by atoms with Crippen LogP contribution < -0.4 is 5.32 Å². The summed E-state index contributed by atoms with van der Waals surface area (Å²) in [5.74, 6) is -1.86. The Bertz CT molecular complexity index is 1020. The molecule has 1 saturated carbocycles. The summed E-state index contributed by atoms with van der Waals surface area (Å²) in [6.07, 6.45) is 3.70. The third kappa shape index (κ3) is 4.67. The van der Waals surface area contributed by atoms with Gasteiger partial charge in [-0.15, -0.1) is 0 Å². The van der Waals surface area contributed by atoms with E-state index in [4.69, 9.17) is 4.74 Å². The number of hydrogen-bond donors (Lipinski definition) is 1. The van der Waals surface area contributed by atoms with Crippen LogP contribution in [0.2, 0.25) is 0 Å². The predicted octanol–water partition coefficient (Wildman–Crippen LogP) is 2.99. The van der Waals surface area contributed by atoms with Crippen LogP contribution in [0.3, 0.4) is 0 Å². The number of hydrogen-bond acceptors (Lipinski definition) is 5. The van der Waals surface area contributed by atoms with E-state index < -0.39 is 23.8 Å². The number of esters is 1. The summed E-state index contributed by atoms with van der Waals surface area (Å²) in [4.78, 5) is 52.8. The minimum atomic E-state index is -0.986. The van der Waals surface area contributed by atoms with Gasteiger partial charge in [-0.1, -0.05) is 55.3 Å². The largest absolute Gasteiger partial charge is 0.469 e. The van der Waals surface area contributed by atoms with Gasteiger partial charge in [0.15, 0.2) is 0 Å². The molecule has 1 aliphatic heterocycles. The summed E-state index contributed by atoms with van der Waals surface area (Å²) < 4.78 is 4.95. The van der Waals surface area contributed by atoms with Crippen molar-refractivity contribution in [2.75, 3.05) is 13.7 Å². The van der Waals surface area contributed by atoms with Crippen LogP contribution in [-0.2, 0) is 20.7 Å². The minimum Gasteiger partial charge on any atom is -0.469 e. The molecule has 172 valence electrons. The molecule has 0 aromatic heterocycles. The number of nitrogens with one attached hydrogen (secondary N) is 1. The van der Waals surface area contributed by atoms with Crippen molar-refractivity contribution in [1.82, 2.24) is 10.2 Å². The molecular formula is C26H28N2O5. The highest BCUT2D eigenvalue weighted by molar-refractivity contribution is 6.22. The number of methoxy groups -OCH3 is 1. The standard InChI is InChI=1S/C26H28N2O5/c1-33-26(32)19-12-6-5-11-18(19)16-27-23(29)22(15-17-9-3-2-4-10-17)28-24(30)20-13-7-8-14-21(20)25(28)31/h2-4,7-10,13-14,18-19,22H,5-6,11-12,15-16H2,1H3,(H,27,29). The number of ether oxygens (including phenoxy) is 1. The zero-order valence-electron chi connectivity index (χ0n) is 18.7. The van der Waals surface area contributed by atoms with E-state index in [1.165, 1.54) is 7.11 Å². The summed E-state index contributed by atoms with van der Waals surface area (Å²) in [6.45, 7) is 0.299. The quantitative estimate of drug-likeness (QED) is 0.519. The summed E-state index contributed by atoms with van der Waals surface area (Å²) in [6, 6.07) is 15.0. The maximum atomic E-state index is 13.4. The van der Waals surface area contributed by atoms with E-state index in [0.29, 0.717) is 17.7 Å². The van der Waals surface area contributed by atoms with Crippen molar-refractivity contribution < 1.29 is 23.9 Å². The van der Waals surface area contributed by atoms with Gasteiger partial charge in [0.2, 0.25) is 5.91 Å². The number of carbonyl (C=O) groups excluding carboxylic acids is 4. The smallest absolute Gasteiger partial charge is 0.309 e. The van der Waals surface area contributed by atoms with Gasteiger partial charge in [0.05, 0.1) is 24.2 Å². The highest BCUT2D eigenvalue weighted by Crippen LogP contribution is 2.31. The molecule has 3 amide bonds. The monoisotopic (exact) mass is 448 g/mol. The van der Waals surface area contributed by atoms with Crippen molar-refractivity contribution in [1.29, 1.82) is 0 Å². The van der Waals surface area contributed by atoms with Crippen LogP contribution in [-0.4, -0.2) is 48.3 Å². The van der Waals surface area contributed by atoms with Crippen LogP contribution in [0.1, 0.15) is 52.0 Å². The second-order valence-electron chi connectivity index (χ2n) is 8.65. The number of carbonyl (C=O) groups is 4. The van der Waals surface area contributed by atoms with Crippen molar-refractivity contribution in [3.05, 3.63) is 71.3 Å². The molecule has 2 aromatic carbocycles. The van der Waals surface area contributed by atoms with Crippen LogP contribution in [0.15, 0.2) is 54.6 Å². The number of amides is 3. The molecule has 3 atom stereocenters. The molecule has 3 unspecified atom stereocenters. The summed E-state index contributed by atoms with van der Waals surface area (Å²) in [5.41, 5.74) is 1.47. The van der Waals surface area contributed by atoms with Crippen molar-refractivity contribution in [3.8, 4) is 0 Å². The molecule has 0 spiro atoms. The van der Waals surface area contributed by atoms with Gasteiger partial charge in [-0.3, -0.25) is 24.1 Å². The minimum absolute atomic E-state index is 0.0327. The molecule has 0 radical (unpaired) electrons. The Morgan fingerprint density at radius 3 is 2.21 bits per heavy atom. The van der Waals surface area contributed by atoms with Gasteiger partial charge < -0.3 is 10.1 Å². The van der Waals surface area contributed by atoms with Crippen LogP contribution in [0.25, 0.3) is 0 Å².